The third-order valence-corrected chi connectivity index (χ3v) is 4.63. The summed E-state index contributed by atoms with van der Waals surface area (Å²) in [7, 11) is 1.54. The monoisotopic (exact) mass is 376 g/mol. The molecule has 1 aromatic carbocycles. The summed E-state index contributed by atoms with van der Waals surface area (Å²) in [6.45, 7) is 8.33. The molecule has 0 saturated carbocycles. The number of para-hydroxylation sites is 1. The third-order valence-electron chi connectivity index (χ3n) is 3.94. The first kappa shape index (κ1) is 19.8. The molecule has 0 aliphatic carbocycles. The number of nitrogens with zero attached hydrogens (tertiary/aromatic N) is 2. The second kappa shape index (κ2) is 8.27. The molecule has 8 heteroatoms. The van der Waals surface area contributed by atoms with Crippen molar-refractivity contribution in [2.24, 2.45) is 7.05 Å². The highest BCUT2D eigenvalue weighted by Gasteiger charge is 2.17. The van der Waals surface area contributed by atoms with E-state index < -0.39 is 5.97 Å². The second-order valence-corrected chi connectivity index (χ2v) is 7.40. The van der Waals surface area contributed by atoms with E-state index in [1.807, 2.05) is 18.2 Å². The fourth-order valence-corrected chi connectivity index (χ4v) is 3.21. The molecule has 0 aliphatic heterocycles. The highest BCUT2D eigenvalue weighted by Crippen LogP contribution is 2.32. The molecule has 3 N–H and O–H groups in total. The number of aromatic carboxylic acids is 1. The molecule has 2 aromatic rings. The molecule has 0 radical (unpaired) electrons. The summed E-state index contributed by atoms with van der Waals surface area (Å²) in [5.41, 5.74) is 3.02. The van der Waals surface area contributed by atoms with E-state index in [-0.39, 0.29) is 23.6 Å². The maximum atomic E-state index is 12.4. The van der Waals surface area contributed by atoms with Crippen LogP contribution in [0.15, 0.2) is 29.3 Å². The van der Waals surface area contributed by atoms with Crippen molar-refractivity contribution in [3.05, 3.63) is 41.1 Å². The van der Waals surface area contributed by atoms with Crippen LogP contribution in [0.4, 0.5) is 10.5 Å². The fourth-order valence-electron chi connectivity index (χ4n) is 2.62. The summed E-state index contributed by atoms with van der Waals surface area (Å²) >= 11 is 0.971. The van der Waals surface area contributed by atoms with Gasteiger partial charge in [-0.15, -0.1) is 0 Å². The quantitative estimate of drug-likeness (QED) is 0.657. The van der Waals surface area contributed by atoms with Gasteiger partial charge in [0, 0.05) is 30.7 Å². The van der Waals surface area contributed by atoms with Crippen molar-refractivity contribution >= 4 is 29.6 Å². The van der Waals surface area contributed by atoms with Gasteiger partial charge < -0.3 is 10.4 Å². The molecule has 0 bridgehead atoms. The smallest absolute Gasteiger partial charge is 0.354 e. The van der Waals surface area contributed by atoms with E-state index in [2.05, 4.69) is 42.8 Å². The van der Waals surface area contributed by atoms with Crippen LogP contribution in [0, 0.1) is 0 Å². The minimum absolute atomic E-state index is 0.0574. The number of anilines is 1. The molecule has 0 atom stereocenters. The first-order valence-corrected chi connectivity index (χ1v) is 9.16. The van der Waals surface area contributed by atoms with Crippen molar-refractivity contribution in [1.82, 2.24) is 14.5 Å². The summed E-state index contributed by atoms with van der Waals surface area (Å²) in [5.74, 6) is -0.528. The first-order chi connectivity index (χ1) is 12.2. The van der Waals surface area contributed by atoms with E-state index in [1.54, 1.807) is 7.05 Å². The number of carbonyl (C=O) groups excluding carboxylic acids is 1. The Morgan fingerprint density at radius 3 is 2.19 bits per heavy atom. The normalized spacial score (nSPS) is 11.0. The number of hydrogen-bond donors (Lipinski definition) is 3. The number of nitrogens with one attached hydrogen (secondary N) is 2. The first-order valence-electron chi connectivity index (χ1n) is 8.34. The molecular formula is C18H24N4O3S. The average Bonchev–Trinajstić information content (AvgIpc) is 2.93. The Morgan fingerprint density at radius 1 is 1.15 bits per heavy atom. The molecule has 26 heavy (non-hydrogen) atoms. The molecular weight excluding hydrogens is 352 g/mol. The topological polar surface area (TPSA) is 96.3 Å². The number of aromatic nitrogens is 2. The van der Waals surface area contributed by atoms with E-state index in [1.165, 1.54) is 10.7 Å². The van der Waals surface area contributed by atoms with E-state index in [0.29, 0.717) is 5.03 Å². The number of rotatable bonds is 6. The van der Waals surface area contributed by atoms with Gasteiger partial charge in [0.1, 0.15) is 10.7 Å². The van der Waals surface area contributed by atoms with Crippen LogP contribution in [0.3, 0.4) is 0 Å². The molecule has 7 nitrogen and oxygen atoms in total. The maximum Gasteiger partial charge on any atom is 0.354 e. The molecule has 0 spiro atoms. The van der Waals surface area contributed by atoms with Gasteiger partial charge in [0.15, 0.2) is 0 Å². The number of urea groups is 1. The van der Waals surface area contributed by atoms with Crippen LogP contribution in [0.2, 0.25) is 0 Å². The van der Waals surface area contributed by atoms with Crippen molar-refractivity contribution in [2.75, 3.05) is 5.32 Å². The molecule has 0 saturated heterocycles. The minimum Gasteiger partial charge on any atom is -0.477 e. The average molecular weight is 376 g/mol. The van der Waals surface area contributed by atoms with Crippen molar-refractivity contribution in [3.8, 4) is 0 Å². The Kier molecular flexibility index (Phi) is 6.31. The van der Waals surface area contributed by atoms with E-state index >= 15 is 0 Å². The van der Waals surface area contributed by atoms with Crippen molar-refractivity contribution in [2.45, 2.75) is 44.6 Å². The van der Waals surface area contributed by atoms with E-state index in [4.69, 9.17) is 5.11 Å². The molecule has 0 unspecified atom stereocenters. The zero-order chi connectivity index (χ0) is 19.4. The predicted octanol–water partition coefficient (Wildman–Crippen LogP) is 4.19. The Balaban J connectivity index is 2.13. The summed E-state index contributed by atoms with van der Waals surface area (Å²) in [4.78, 5) is 23.4. The lowest BCUT2D eigenvalue weighted by atomic mass is 9.93. The van der Waals surface area contributed by atoms with Crippen LogP contribution < -0.4 is 10.0 Å². The fraction of sp³-hybridized carbons (Fsp3) is 0.389. The largest absolute Gasteiger partial charge is 0.477 e. The van der Waals surface area contributed by atoms with Crippen molar-refractivity contribution in [3.63, 3.8) is 0 Å². The Morgan fingerprint density at radius 2 is 1.73 bits per heavy atom. The van der Waals surface area contributed by atoms with Crippen LogP contribution in [-0.4, -0.2) is 26.9 Å². The number of carboxylic acid groups (broad SMARTS) is 1. The summed E-state index contributed by atoms with van der Waals surface area (Å²) in [6.07, 6.45) is 0. The third kappa shape index (κ3) is 4.57. The lowest BCUT2D eigenvalue weighted by Crippen LogP contribution is -2.24. The van der Waals surface area contributed by atoms with Gasteiger partial charge in [0.05, 0.1) is 0 Å². The number of hydrogen-bond acceptors (Lipinski definition) is 4. The SMILES string of the molecule is CC(C)c1cccc(C(C)C)c1NC(=O)NSc1cc(C(=O)O)n(C)n1. The zero-order valence-electron chi connectivity index (χ0n) is 15.5. The molecule has 2 amide bonds. The lowest BCUT2D eigenvalue weighted by molar-refractivity contribution is 0.0685. The molecule has 0 fully saturated rings. The van der Waals surface area contributed by atoms with E-state index in [9.17, 15) is 9.59 Å². The predicted molar refractivity (Wildman–Crippen MR) is 103 cm³/mol. The van der Waals surface area contributed by atoms with E-state index in [0.717, 1.165) is 28.8 Å². The highest BCUT2D eigenvalue weighted by atomic mass is 32.2. The maximum absolute atomic E-state index is 12.4. The Labute approximate surface area is 157 Å². The van der Waals surface area contributed by atoms with Gasteiger partial charge in [0.25, 0.3) is 0 Å². The summed E-state index contributed by atoms with van der Waals surface area (Å²) in [6, 6.07) is 7.06. The van der Waals surface area contributed by atoms with Crippen LogP contribution in [-0.2, 0) is 7.05 Å². The van der Waals surface area contributed by atoms with Crippen molar-refractivity contribution < 1.29 is 14.7 Å². The number of carboxylic acids is 1. The number of carbonyl (C=O) groups is 2. The molecule has 1 heterocycles. The second-order valence-electron chi connectivity index (χ2n) is 6.58. The van der Waals surface area contributed by atoms with Gasteiger partial charge in [-0.2, -0.15) is 5.10 Å². The van der Waals surface area contributed by atoms with Gasteiger partial charge in [-0.25, -0.2) is 9.59 Å². The van der Waals surface area contributed by atoms with Crippen LogP contribution in [0.1, 0.15) is 61.1 Å². The zero-order valence-corrected chi connectivity index (χ0v) is 16.3. The van der Waals surface area contributed by atoms with Crippen LogP contribution in [0.5, 0.6) is 0 Å². The number of amides is 2. The highest BCUT2D eigenvalue weighted by molar-refractivity contribution is 7.97. The van der Waals surface area contributed by atoms with Crippen LogP contribution >= 0.6 is 11.9 Å². The molecule has 0 aliphatic rings. The Hall–Kier alpha value is -2.48. The standard InChI is InChI=1S/C18H24N4O3S/c1-10(2)12-7-6-8-13(11(3)4)16(12)19-18(25)21-26-15-9-14(17(23)24)22(5)20-15/h6-11H,1-5H3,(H,23,24)(H2,19,21,25). The van der Waals surface area contributed by atoms with Crippen LogP contribution in [0.25, 0.3) is 0 Å². The van der Waals surface area contributed by atoms with Gasteiger partial charge in [-0.05, 0) is 23.0 Å². The molecule has 2 rings (SSSR count). The van der Waals surface area contributed by atoms with Gasteiger partial charge >= 0.3 is 12.0 Å². The van der Waals surface area contributed by atoms with Gasteiger partial charge in [0.2, 0.25) is 0 Å². The lowest BCUT2D eigenvalue weighted by Gasteiger charge is -2.20. The number of aryl methyl sites for hydroxylation is 1. The van der Waals surface area contributed by atoms with Gasteiger partial charge in [-0.1, -0.05) is 45.9 Å². The Bertz CT molecular complexity index is 789. The molecule has 140 valence electrons. The van der Waals surface area contributed by atoms with Gasteiger partial charge in [-0.3, -0.25) is 9.40 Å². The molecule has 1 aromatic heterocycles. The summed E-state index contributed by atoms with van der Waals surface area (Å²) < 4.78 is 3.92. The number of benzene rings is 1. The van der Waals surface area contributed by atoms with Crippen molar-refractivity contribution in [1.29, 1.82) is 0 Å². The minimum atomic E-state index is -1.07. The summed E-state index contributed by atoms with van der Waals surface area (Å²) in [5, 5.41) is 16.4.